The lowest BCUT2D eigenvalue weighted by atomic mass is 10.1. The zero-order valence-corrected chi connectivity index (χ0v) is 13.8. The maximum atomic E-state index is 5.50. The quantitative estimate of drug-likeness (QED) is 0.420. The fourth-order valence-electron chi connectivity index (χ4n) is 2.88. The van der Waals surface area contributed by atoms with Gasteiger partial charge in [-0.2, -0.15) is 0 Å². The summed E-state index contributed by atoms with van der Waals surface area (Å²) < 4.78 is 7.51. The van der Waals surface area contributed by atoms with Gasteiger partial charge in [0.05, 0.1) is 12.8 Å². The molecule has 0 aliphatic heterocycles. The van der Waals surface area contributed by atoms with Crippen molar-refractivity contribution in [1.82, 2.24) is 14.5 Å². The molecule has 0 unspecified atom stereocenters. The van der Waals surface area contributed by atoms with Gasteiger partial charge in [-0.05, 0) is 17.7 Å². The van der Waals surface area contributed by atoms with Crippen LogP contribution >= 0.6 is 0 Å². The van der Waals surface area contributed by atoms with E-state index in [9.17, 15) is 0 Å². The SMILES string of the molecule is COc1ccccc1-n1cc(-c2ccccc2)c2c([S-])ncnc21. The van der Waals surface area contributed by atoms with Crippen LogP contribution in [0.4, 0.5) is 0 Å². The second-order valence-corrected chi connectivity index (χ2v) is 5.71. The van der Waals surface area contributed by atoms with Gasteiger partial charge in [0.2, 0.25) is 0 Å². The minimum absolute atomic E-state index is 0.549. The number of benzene rings is 2. The van der Waals surface area contributed by atoms with E-state index in [2.05, 4.69) is 22.1 Å². The molecular weight excluding hydrogens is 318 g/mol. The summed E-state index contributed by atoms with van der Waals surface area (Å²) in [6, 6.07) is 18.0. The molecule has 0 saturated carbocycles. The number of rotatable bonds is 3. The lowest BCUT2D eigenvalue weighted by Gasteiger charge is -2.11. The summed E-state index contributed by atoms with van der Waals surface area (Å²) in [5.41, 5.74) is 3.79. The number of nitrogens with zero attached hydrogens (tertiary/aromatic N) is 3. The van der Waals surface area contributed by atoms with Crippen LogP contribution in [0, 0.1) is 0 Å². The molecule has 0 radical (unpaired) electrons. The van der Waals surface area contributed by atoms with Crippen LogP contribution in [0.5, 0.6) is 5.75 Å². The monoisotopic (exact) mass is 332 g/mol. The minimum atomic E-state index is 0.549. The average Bonchev–Trinajstić information content (AvgIpc) is 3.03. The molecule has 0 saturated heterocycles. The molecule has 0 spiro atoms. The summed E-state index contributed by atoms with van der Waals surface area (Å²) in [6.45, 7) is 0. The number of para-hydroxylation sites is 2. The van der Waals surface area contributed by atoms with Crippen LogP contribution in [-0.2, 0) is 12.6 Å². The van der Waals surface area contributed by atoms with Gasteiger partial charge in [0, 0.05) is 17.1 Å². The van der Waals surface area contributed by atoms with Crippen LogP contribution in [0.15, 0.2) is 72.1 Å². The smallest absolute Gasteiger partial charge is 0.147 e. The van der Waals surface area contributed by atoms with Gasteiger partial charge >= 0.3 is 0 Å². The van der Waals surface area contributed by atoms with Crippen LogP contribution in [-0.4, -0.2) is 21.6 Å². The molecule has 4 aromatic rings. The van der Waals surface area contributed by atoms with Crippen molar-refractivity contribution in [2.45, 2.75) is 5.03 Å². The molecule has 0 N–H and O–H groups in total. The Morgan fingerprint density at radius 1 is 0.958 bits per heavy atom. The third-order valence-electron chi connectivity index (χ3n) is 3.98. The first-order valence-electron chi connectivity index (χ1n) is 7.51. The largest absolute Gasteiger partial charge is 0.759 e. The van der Waals surface area contributed by atoms with Crippen LogP contribution in [0.25, 0.3) is 27.8 Å². The van der Waals surface area contributed by atoms with Crippen molar-refractivity contribution in [3.63, 3.8) is 0 Å². The second kappa shape index (κ2) is 5.94. The van der Waals surface area contributed by atoms with E-state index in [1.54, 1.807) is 7.11 Å². The van der Waals surface area contributed by atoms with Crippen molar-refractivity contribution in [3.8, 4) is 22.6 Å². The van der Waals surface area contributed by atoms with E-state index < -0.39 is 0 Å². The van der Waals surface area contributed by atoms with E-state index in [1.165, 1.54) is 6.33 Å². The summed E-state index contributed by atoms with van der Waals surface area (Å²) in [4.78, 5) is 8.67. The molecule has 0 atom stereocenters. The Balaban J connectivity index is 2.07. The van der Waals surface area contributed by atoms with Gasteiger partial charge in [-0.3, -0.25) is 9.55 Å². The topological polar surface area (TPSA) is 39.9 Å². The van der Waals surface area contributed by atoms with Gasteiger partial charge in [-0.25, -0.2) is 4.98 Å². The van der Waals surface area contributed by atoms with Crippen molar-refractivity contribution in [1.29, 1.82) is 0 Å². The number of fused-ring (bicyclic) bond motifs is 1. The third-order valence-corrected chi connectivity index (χ3v) is 4.29. The van der Waals surface area contributed by atoms with Crippen molar-refractivity contribution in [3.05, 3.63) is 67.1 Å². The predicted molar refractivity (Wildman–Crippen MR) is 96.5 cm³/mol. The van der Waals surface area contributed by atoms with Crippen molar-refractivity contribution >= 4 is 23.7 Å². The normalized spacial score (nSPS) is 10.9. The number of aromatic nitrogens is 3. The molecule has 0 aliphatic rings. The Bertz CT molecular complexity index is 1010. The number of ether oxygens (including phenoxy) is 1. The van der Waals surface area contributed by atoms with E-state index in [0.29, 0.717) is 5.03 Å². The lowest BCUT2D eigenvalue weighted by molar-refractivity contribution is 0.413. The maximum absolute atomic E-state index is 5.50. The van der Waals surface area contributed by atoms with Crippen molar-refractivity contribution in [2.75, 3.05) is 7.11 Å². The zero-order chi connectivity index (χ0) is 16.5. The fraction of sp³-hybridized carbons (Fsp3) is 0.0526. The van der Waals surface area contributed by atoms with Gasteiger partial charge in [-0.15, -0.1) is 0 Å². The first kappa shape index (κ1) is 14.7. The van der Waals surface area contributed by atoms with E-state index in [4.69, 9.17) is 17.4 Å². The number of hydrogen-bond acceptors (Lipinski definition) is 4. The van der Waals surface area contributed by atoms with Crippen LogP contribution in [0.2, 0.25) is 0 Å². The highest BCUT2D eigenvalue weighted by Crippen LogP contribution is 2.35. The second-order valence-electron chi connectivity index (χ2n) is 5.33. The number of methoxy groups -OCH3 is 1. The van der Waals surface area contributed by atoms with Crippen molar-refractivity contribution in [2.24, 2.45) is 0 Å². The summed E-state index contributed by atoms with van der Waals surface area (Å²) in [5, 5.41) is 1.43. The van der Waals surface area contributed by atoms with E-state index in [-0.39, 0.29) is 0 Å². The zero-order valence-electron chi connectivity index (χ0n) is 13.0. The van der Waals surface area contributed by atoms with E-state index in [0.717, 1.165) is 33.6 Å². The first-order valence-corrected chi connectivity index (χ1v) is 7.92. The highest BCUT2D eigenvalue weighted by molar-refractivity contribution is 7.59. The molecule has 118 valence electrons. The molecule has 0 aliphatic carbocycles. The van der Waals surface area contributed by atoms with Gasteiger partial charge < -0.3 is 17.4 Å². The van der Waals surface area contributed by atoms with Gasteiger partial charge in [0.25, 0.3) is 0 Å². The molecular formula is C19H14N3OS-. The van der Waals surface area contributed by atoms with Crippen molar-refractivity contribution < 1.29 is 4.74 Å². The molecule has 0 fully saturated rings. The van der Waals surface area contributed by atoms with Crippen LogP contribution in [0.1, 0.15) is 0 Å². The summed E-state index contributed by atoms with van der Waals surface area (Å²) >= 11 is 5.47. The number of hydrogen-bond donors (Lipinski definition) is 0. The van der Waals surface area contributed by atoms with Crippen LogP contribution in [0.3, 0.4) is 0 Å². The Kier molecular flexibility index (Phi) is 3.63. The summed E-state index contributed by atoms with van der Waals surface area (Å²) in [7, 11) is 1.66. The Labute approximate surface area is 145 Å². The Hall–Kier alpha value is -2.92. The molecule has 5 heteroatoms. The molecule has 0 bridgehead atoms. The van der Waals surface area contributed by atoms with Gasteiger partial charge in [0.1, 0.15) is 17.7 Å². The summed E-state index contributed by atoms with van der Waals surface area (Å²) in [5.74, 6) is 0.776. The van der Waals surface area contributed by atoms with E-state index >= 15 is 0 Å². The average molecular weight is 332 g/mol. The molecule has 2 aromatic carbocycles. The Morgan fingerprint density at radius 2 is 1.71 bits per heavy atom. The Morgan fingerprint density at radius 3 is 2.50 bits per heavy atom. The van der Waals surface area contributed by atoms with Gasteiger partial charge in [0.15, 0.2) is 0 Å². The minimum Gasteiger partial charge on any atom is -0.759 e. The third kappa shape index (κ3) is 2.30. The highest BCUT2D eigenvalue weighted by Gasteiger charge is 2.15. The lowest BCUT2D eigenvalue weighted by Crippen LogP contribution is -1.98. The predicted octanol–water partition coefficient (Wildman–Crippen LogP) is 4.00. The summed E-state index contributed by atoms with van der Waals surface area (Å²) in [6.07, 6.45) is 3.55. The molecule has 2 aromatic heterocycles. The fourth-order valence-corrected chi connectivity index (χ4v) is 3.13. The molecule has 0 amide bonds. The maximum Gasteiger partial charge on any atom is 0.147 e. The molecule has 2 heterocycles. The molecule has 4 nitrogen and oxygen atoms in total. The molecule has 24 heavy (non-hydrogen) atoms. The first-order chi connectivity index (χ1) is 11.8. The van der Waals surface area contributed by atoms with Crippen LogP contribution < -0.4 is 4.74 Å². The molecule has 4 rings (SSSR count). The van der Waals surface area contributed by atoms with E-state index in [1.807, 2.05) is 53.2 Å². The standard InChI is InChI=1S/C19H15N3OS/c1-23-16-10-6-5-9-15(16)22-11-14(13-7-3-2-4-8-13)17-18(22)20-12-21-19(17)24/h2-12H,1H3,(H,20,21,24)/p-1. The highest BCUT2D eigenvalue weighted by atomic mass is 32.1. The van der Waals surface area contributed by atoms with Gasteiger partial charge in [-0.1, -0.05) is 47.5 Å².